The van der Waals surface area contributed by atoms with E-state index in [9.17, 15) is 4.79 Å². The summed E-state index contributed by atoms with van der Waals surface area (Å²) in [7, 11) is 0. The maximum absolute atomic E-state index is 12.4. The first-order valence-corrected chi connectivity index (χ1v) is 8.35. The molecule has 1 aromatic heterocycles. The van der Waals surface area contributed by atoms with Crippen molar-refractivity contribution in [3.05, 3.63) is 29.6 Å². The minimum absolute atomic E-state index is 0.106. The van der Waals surface area contributed by atoms with Crippen LogP contribution in [0.1, 0.15) is 22.6 Å². The molecule has 126 valence electrons. The van der Waals surface area contributed by atoms with E-state index in [-0.39, 0.29) is 5.91 Å². The molecule has 2 saturated heterocycles. The number of carbonyl (C=O) groups excluding carboxylic acids is 1. The predicted molar refractivity (Wildman–Crippen MR) is 86.4 cm³/mol. The fourth-order valence-corrected chi connectivity index (χ4v) is 3.32. The van der Waals surface area contributed by atoms with Gasteiger partial charge in [0.25, 0.3) is 5.91 Å². The second-order valence-corrected chi connectivity index (χ2v) is 6.21. The van der Waals surface area contributed by atoms with Gasteiger partial charge in [0.2, 0.25) is 0 Å². The molecule has 0 bridgehead atoms. The summed E-state index contributed by atoms with van der Waals surface area (Å²) in [6.07, 6.45) is 1.06. The van der Waals surface area contributed by atoms with Crippen LogP contribution in [-0.4, -0.2) is 67.9 Å². The fraction of sp³-hybridized carbons (Fsp3) is 0.647. The van der Waals surface area contributed by atoms with Gasteiger partial charge in [0.15, 0.2) is 0 Å². The van der Waals surface area contributed by atoms with Gasteiger partial charge in [0.1, 0.15) is 5.69 Å². The van der Waals surface area contributed by atoms with Crippen LogP contribution in [-0.2, 0) is 9.47 Å². The molecule has 2 aliphatic rings. The molecule has 1 aromatic rings. The lowest BCUT2D eigenvalue weighted by Crippen LogP contribution is -2.52. The second-order valence-electron chi connectivity index (χ2n) is 6.21. The number of hydrogen-bond donors (Lipinski definition) is 1. The Hall–Kier alpha value is -1.50. The summed E-state index contributed by atoms with van der Waals surface area (Å²) in [6.45, 7) is 7.47. The lowest BCUT2D eigenvalue weighted by Gasteiger charge is -2.37. The van der Waals surface area contributed by atoms with Gasteiger partial charge in [-0.3, -0.25) is 9.69 Å². The number of morpholine rings is 1. The third-order valence-corrected chi connectivity index (χ3v) is 4.62. The fourth-order valence-electron chi connectivity index (χ4n) is 3.32. The van der Waals surface area contributed by atoms with Crippen LogP contribution in [0, 0.1) is 12.8 Å². The summed E-state index contributed by atoms with van der Waals surface area (Å²) in [5, 5.41) is 3.06. The van der Waals surface area contributed by atoms with E-state index in [4.69, 9.17) is 9.47 Å². The van der Waals surface area contributed by atoms with Crippen molar-refractivity contribution in [2.45, 2.75) is 19.4 Å². The highest BCUT2D eigenvalue weighted by atomic mass is 16.5. The van der Waals surface area contributed by atoms with Crippen molar-refractivity contribution in [3.8, 4) is 0 Å². The number of carbonyl (C=O) groups is 1. The first-order valence-electron chi connectivity index (χ1n) is 8.35. The van der Waals surface area contributed by atoms with Crippen molar-refractivity contribution < 1.29 is 14.3 Å². The normalized spacial score (nSPS) is 23.6. The molecule has 0 spiro atoms. The zero-order chi connectivity index (χ0) is 16.1. The molecular formula is C17H25N3O3. The van der Waals surface area contributed by atoms with E-state index in [2.05, 4.69) is 15.2 Å². The van der Waals surface area contributed by atoms with Gasteiger partial charge in [0.05, 0.1) is 19.8 Å². The monoisotopic (exact) mass is 319 g/mol. The maximum Gasteiger partial charge on any atom is 0.269 e. The zero-order valence-electron chi connectivity index (χ0n) is 13.7. The molecule has 1 N–H and O–H groups in total. The van der Waals surface area contributed by atoms with Crippen molar-refractivity contribution in [2.75, 3.05) is 46.1 Å². The molecular weight excluding hydrogens is 294 g/mol. The molecule has 0 radical (unpaired) electrons. The van der Waals surface area contributed by atoms with E-state index in [1.54, 1.807) is 6.07 Å². The Morgan fingerprint density at radius 3 is 2.87 bits per heavy atom. The van der Waals surface area contributed by atoms with Crippen LogP contribution in [0.5, 0.6) is 0 Å². The maximum atomic E-state index is 12.4. The number of nitrogens with one attached hydrogen (secondary N) is 1. The molecule has 6 nitrogen and oxygen atoms in total. The second kappa shape index (κ2) is 7.86. The third kappa shape index (κ3) is 4.28. The number of aromatic nitrogens is 1. The summed E-state index contributed by atoms with van der Waals surface area (Å²) >= 11 is 0. The van der Waals surface area contributed by atoms with E-state index in [0.717, 1.165) is 51.6 Å². The Kier molecular flexibility index (Phi) is 5.59. The summed E-state index contributed by atoms with van der Waals surface area (Å²) in [6, 6.07) is 5.81. The van der Waals surface area contributed by atoms with Crippen LogP contribution in [0.15, 0.2) is 18.2 Å². The molecule has 6 heteroatoms. The highest BCUT2D eigenvalue weighted by molar-refractivity contribution is 5.92. The smallest absolute Gasteiger partial charge is 0.269 e. The number of pyridine rings is 1. The summed E-state index contributed by atoms with van der Waals surface area (Å²) in [5.74, 6) is 0.366. The van der Waals surface area contributed by atoms with Gasteiger partial charge < -0.3 is 14.8 Å². The largest absolute Gasteiger partial charge is 0.381 e. The number of ether oxygens (including phenoxy) is 2. The van der Waals surface area contributed by atoms with Gasteiger partial charge in [-0.25, -0.2) is 4.98 Å². The van der Waals surface area contributed by atoms with E-state index in [0.29, 0.717) is 24.2 Å². The van der Waals surface area contributed by atoms with Crippen molar-refractivity contribution in [3.63, 3.8) is 0 Å². The Bertz CT molecular complexity index is 526. The van der Waals surface area contributed by atoms with Gasteiger partial charge in [-0.1, -0.05) is 6.07 Å². The molecule has 0 unspecified atom stereocenters. The van der Waals surface area contributed by atoms with Crippen molar-refractivity contribution in [2.24, 2.45) is 5.92 Å². The van der Waals surface area contributed by atoms with Crippen LogP contribution in [0.25, 0.3) is 0 Å². The van der Waals surface area contributed by atoms with Crippen LogP contribution in [0.4, 0.5) is 0 Å². The molecule has 23 heavy (non-hydrogen) atoms. The average molecular weight is 319 g/mol. The van der Waals surface area contributed by atoms with E-state index < -0.39 is 0 Å². The van der Waals surface area contributed by atoms with Crippen LogP contribution < -0.4 is 5.32 Å². The standard InChI is InChI=1S/C17H25N3O3/c1-13-3-2-4-15(19-13)17(21)18-11-16(14-5-8-23-12-14)20-6-9-22-10-7-20/h2-4,14,16H,5-12H2,1H3,(H,18,21)/t14-,16-/m1/s1. The summed E-state index contributed by atoms with van der Waals surface area (Å²) < 4.78 is 11.0. The molecule has 3 rings (SSSR count). The number of nitrogens with zero attached hydrogens (tertiary/aromatic N) is 2. The van der Waals surface area contributed by atoms with Crippen molar-refractivity contribution >= 4 is 5.91 Å². The Labute approximate surface area is 137 Å². The topological polar surface area (TPSA) is 63.7 Å². The zero-order valence-corrected chi connectivity index (χ0v) is 13.7. The molecule has 1 amide bonds. The van der Waals surface area contributed by atoms with Gasteiger partial charge in [-0.2, -0.15) is 0 Å². The molecule has 0 aromatic carbocycles. The number of hydrogen-bond acceptors (Lipinski definition) is 5. The quantitative estimate of drug-likeness (QED) is 0.872. The highest BCUT2D eigenvalue weighted by Crippen LogP contribution is 2.21. The number of rotatable bonds is 5. The molecule has 0 saturated carbocycles. The number of amides is 1. The lowest BCUT2D eigenvalue weighted by molar-refractivity contribution is 0.00165. The first kappa shape index (κ1) is 16.4. The van der Waals surface area contributed by atoms with E-state index in [1.165, 1.54) is 0 Å². The van der Waals surface area contributed by atoms with Crippen LogP contribution >= 0.6 is 0 Å². The van der Waals surface area contributed by atoms with Gasteiger partial charge >= 0.3 is 0 Å². The van der Waals surface area contributed by atoms with E-state index in [1.807, 2.05) is 19.1 Å². The molecule has 3 heterocycles. The highest BCUT2D eigenvalue weighted by Gasteiger charge is 2.31. The summed E-state index contributed by atoms with van der Waals surface area (Å²) in [5.41, 5.74) is 1.33. The van der Waals surface area contributed by atoms with E-state index >= 15 is 0 Å². The van der Waals surface area contributed by atoms with Gasteiger partial charge in [0, 0.05) is 43.9 Å². The summed E-state index contributed by atoms with van der Waals surface area (Å²) in [4.78, 5) is 19.1. The van der Waals surface area contributed by atoms with Gasteiger partial charge in [-0.15, -0.1) is 0 Å². The number of aryl methyl sites for hydroxylation is 1. The Balaban J connectivity index is 1.62. The van der Waals surface area contributed by atoms with Crippen LogP contribution in [0.2, 0.25) is 0 Å². The molecule has 2 fully saturated rings. The van der Waals surface area contributed by atoms with Crippen molar-refractivity contribution in [1.82, 2.24) is 15.2 Å². The minimum Gasteiger partial charge on any atom is -0.381 e. The van der Waals surface area contributed by atoms with Crippen LogP contribution in [0.3, 0.4) is 0 Å². The SMILES string of the molecule is Cc1cccc(C(=O)NC[C@H]([C@@H]2CCOC2)N2CCOCC2)n1. The molecule has 0 aliphatic carbocycles. The van der Waals surface area contributed by atoms with Gasteiger partial charge in [-0.05, 0) is 25.5 Å². The molecule has 2 aliphatic heterocycles. The third-order valence-electron chi connectivity index (χ3n) is 4.62. The minimum atomic E-state index is -0.106. The Morgan fingerprint density at radius 1 is 1.35 bits per heavy atom. The predicted octanol–water partition coefficient (Wildman–Crippen LogP) is 0.857. The lowest BCUT2D eigenvalue weighted by atomic mass is 9.97. The average Bonchev–Trinajstić information content (AvgIpc) is 3.10. The molecule has 2 atom stereocenters. The Morgan fingerprint density at radius 2 is 2.17 bits per heavy atom. The first-order chi connectivity index (χ1) is 11.2. The van der Waals surface area contributed by atoms with Crippen molar-refractivity contribution in [1.29, 1.82) is 0 Å².